The number of pyridine rings is 1. The van der Waals surface area contributed by atoms with Gasteiger partial charge in [0.1, 0.15) is 5.69 Å². The summed E-state index contributed by atoms with van der Waals surface area (Å²) < 4.78 is 0. The van der Waals surface area contributed by atoms with Gasteiger partial charge in [-0.2, -0.15) is 0 Å². The highest BCUT2D eigenvalue weighted by Crippen LogP contribution is 2.07. The minimum Gasteiger partial charge on any atom is -0.477 e. The summed E-state index contributed by atoms with van der Waals surface area (Å²) in [5.41, 5.74) is 0.216. The van der Waals surface area contributed by atoms with Gasteiger partial charge in [-0.3, -0.25) is 4.79 Å². The molecule has 0 aliphatic carbocycles. The van der Waals surface area contributed by atoms with Crippen LogP contribution in [0.3, 0.4) is 0 Å². The van der Waals surface area contributed by atoms with E-state index in [1.165, 1.54) is 31.2 Å². The van der Waals surface area contributed by atoms with E-state index in [4.69, 9.17) is 5.11 Å². The number of nitrogens with one attached hydrogen (secondary N) is 1. The number of carbonyl (C=O) groups excluding carboxylic acids is 1. The van der Waals surface area contributed by atoms with Crippen LogP contribution >= 0.6 is 0 Å². The van der Waals surface area contributed by atoms with Crippen LogP contribution in [0.1, 0.15) is 40.1 Å². The van der Waals surface area contributed by atoms with E-state index in [0.717, 1.165) is 26.1 Å². The third-order valence-corrected chi connectivity index (χ3v) is 3.38. The van der Waals surface area contributed by atoms with Crippen molar-refractivity contribution >= 4 is 11.9 Å². The van der Waals surface area contributed by atoms with E-state index >= 15 is 0 Å². The standard InChI is InChI=1S/C14H19N3O3/c18-13(11-4-6-15-12(10-11)14(19)20)16-5-3-9-17-7-1-2-8-17/h4,6,10H,1-3,5,7-9H2,(H,16,18)(H,19,20). The van der Waals surface area contributed by atoms with E-state index in [1.54, 1.807) is 0 Å². The number of aromatic carboxylic acids is 1. The van der Waals surface area contributed by atoms with E-state index in [0.29, 0.717) is 12.1 Å². The van der Waals surface area contributed by atoms with Crippen molar-refractivity contribution in [3.8, 4) is 0 Å². The van der Waals surface area contributed by atoms with Crippen LogP contribution in [-0.2, 0) is 0 Å². The molecule has 0 aromatic carbocycles. The fourth-order valence-corrected chi connectivity index (χ4v) is 2.30. The van der Waals surface area contributed by atoms with Crippen LogP contribution < -0.4 is 5.32 Å². The Kier molecular flexibility index (Phi) is 5.06. The Morgan fingerprint density at radius 3 is 2.80 bits per heavy atom. The maximum Gasteiger partial charge on any atom is 0.354 e. The fraction of sp³-hybridized carbons (Fsp3) is 0.500. The molecule has 1 aliphatic heterocycles. The van der Waals surface area contributed by atoms with Crippen molar-refractivity contribution in [1.29, 1.82) is 0 Å². The molecule has 1 fully saturated rings. The summed E-state index contributed by atoms with van der Waals surface area (Å²) >= 11 is 0. The molecule has 1 aliphatic rings. The van der Waals surface area contributed by atoms with Crippen molar-refractivity contribution in [2.45, 2.75) is 19.3 Å². The first kappa shape index (κ1) is 14.5. The molecule has 0 radical (unpaired) electrons. The molecule has 1 amide bonds. The second kappa shape index (κ2) is 7.00. The number of hydrogen-bond donors (Lipinski definition) is 2. The summed E-state index contributed by atoms with van der Waals surface area (Å²) in [6, 6.07) is 2.81. The third-order valence-electron chi connectivity index (χ3n) is 3.38. The van der Waals surface area contributed by atoms with E-state index in [1.807, 2.05) is 0 Å². The Labute approximate surface area is 117 Å². The normalized spacial score (nSPS) is 15.2. The SMILES string of the molecule is O=C(NCCCN1CCCC1)c1ccnc(C(=O)O)c1. The molecule has 6 heteroatoms. The highest BCUT2D eigenvalue weighted by Gasteiger charge is 2.12. The number of hydrogen-bond acceptors (Lipinski definition) is 4. The highest BCUT2D eigenvalue weighted by molar-refractivity contribution is 5.96. The molecular formula is C14H19N3O3. The summed E-state index contributed by atoms with van der Waals surface area (Å²) in [7, 11) is 0. The average Bonchev–Trinajstić information content (AvgIpc) is 2.96. The number of carbonyl (C=O) groups is 2. The maximum atomic E-state index is 11.9. The lowest BCUT2D eigenvalue weighted by Crippen LogP contribution is -2.28. The molecule has 0 saturated carbocycles. The molecule has 108 valence electrons. The van der Waals surface area contributed by atoms with Gasteiger partial charge >= 0.3 is 5.97 Å². The lowest BCUT2D eigenvalue weighted by molar-refractivity contribution is 0.0690. The van der Waals surface area contributed by atoms with Gasteiger partial charge in [-0.15, -0.1) is 0 Å². The Morgan fingerprint density at radius 2 is 2.10 bits per heavy atom. The smallest absolute Gasteiger partial charge is 0.354 e. The number of aromatic nitrogens is 1. The van der Waals surface area contributed by atoms with E-state index in [2.05, 4.69) is 15.2 Å². The summed E-state index contributed by atoms with van der Waals surface area (Å²) in [6.45, 7) is 3.90. The Hall–Kier alpha value is -1.95. The van der Waals surface area contributed by atoms with Crippen LogP contribution in [0, 0.1) is 0 Å². The predicted molar refractivity (Wildman–Crippen MR) is 73.8 cm³/mol. The first-order valence-corrected chi connectivity index (χ1v) is 6.87. The van der Waals surface area contributed by atoms with Gasteiger partial charge in [0.2, 0.25) is 0 Å². The topological polar surface area (TPSA) is 82.5 Å². The van der Waals surface area contributed by atoms with Crippen molar-refractivity contribution in [2.75, 3.05) is 26.2 Å². The molecule has 0 unspecified atom stereocenters. The van der Waals surface area contributed by atoms with Crippen molar-refractivity contribution in [1.82, 2.24) is 15.2 Å². The monoisotopic (exact) mass is 277 g/mol. The zero-order valence-corrected chi connectivity index (χ0v) is 11.3. The van der Waals surface area contributed by atoms with Gasteiger partial charge in [-0.25, -0.2) is 9.78 Å². The van der Waals surface area contributed by atoms with Gasteiger partial charge in [0.05, 0.1) is 0 Å². The minimum absolute atomic E-state index is 0.116. The summed E-state index contributed by atoms with van der Waals surface area (Å²) in [4.78, 5) is 28.7. The van der Waals surface area contributed by atoms with Gasteiger partial charge < -0.3 is 15.3 Å². The van der Waals surface area contributed by atoms with Gasteiger partial charge in [0.25, 0.3) is 5.91 Å². The van der Waals surface area contributed by atoms with Crippen molar-refractivity contribution in [3.05, 3.63) is 29.6 Å². The molecule has 20 heavy (non-hydrogen) atoms. The molecule has 1 aromatic heterocycles. The molecular weight excluding hydrogens is 258 g/mol. The number of carboxylic acid groups (broad SMARTS) is 1. The van der Waals surface area contributed by atoms with Crippen molar-refractivity contribution in [2.24, 2.45) is 0 Å². The summed E-state index contributed by atoms with van der Waals surface area (Å²) in [5, 5.41) is 11.6. The summed E-state index contributed by atoms with van der Waals surface area (Å²) in [6.07, 6.45) is 4.77. The minimum atomic E-state index is -1.13. The molecule has 2 heterocycles. The molecule has 1 saturated heterocycles. The van der Waals surface area contributed by atoms with Crippen LogP contribution in [0.4, 0.5) is 0 Å². The molecule has 0 bridgehead atoms. The quantitative estimate of drug-likeness (QED) is 0.758. The van der Waals surface area contributed by atoms with E-state index < -0.39 is 5.97 Å². The zero-order valence-electron chi connectivity index (χ0n) is 11.3. The summed E-state index contributed by atoms with van der Waals surface area (Å²) in [5.74, 6) is -1.38. The number of amides is 1. The lowest BCUT2D eigenvalue weighted by Gasteiger charge is -2.14. The first-order valence-electron chi connectivity index (χ1n) is 6.87. The number of nitrogens with zero attached hydrogens (tertiary/aromatic N) is 2. The van der Waals surface area contributed by atoms with Crippen molar-refractivity contribution in [3.63, 3.8) is 0 Å². The van der Waals surface area contributed by atoms with Crippen LogP contribution in [-0.4, -0.2) is 53.0 Å². The second-order valence-electron chi connectivity index (χ2n) is 4.89. The molecule has 1 aromatic rings. The first-order chi connectivity index (χ1) is 9.66. The fourth-order valence-electron chi connectivity index (χ4n) is 2.30. The molecule has 6 nitrogen and oxygen atoms in total. The van der Waals surface area contributed by atoms with Gasteiger partial charge in [0.15, 0.2) is 0 Å². The Bertz CT molecular complexity index is 484. The van der Waals surface area contributed by atoms with Gasteiger partial charge in [-0.05, 0) is 51.0 Å². The predicted octanol–water partition coefficient (Wildman–Crippen LogP) is 0.995. The van der Waals surface area contributed by atoms with Crippen LogP contribution in [0.25, 0.3) is 0 Å². The van der Waals surface area contributed by atoms with Gasteiger partial charge in [0, 0.05) is 18.3 Å². The third kappa shape index (κ3) is 4.03. The Morgan fingerprint density at radius 1 is 1.35 bits per heavy atom. The molecule has 2 N–H and O–H groups in total. The van der Waals surface area contributed by atoms with Crippen LogP contribution in [0.5, 0.6) is 0 Å². The van der Waals surface area contributed by atoms with Crippen LogP contribution in [0.15, 0.2) is 18.3 Å². The van der Waals surface area contributed by atoms with Crippen LogP contribution in [0.2, 0.25) is 0 Å². The molecule has 2 rings (SSSR count). The number of likely N-dealkylation sites (tertiary alicyclic amines) is 1. The number of rotatable bonds is 6. The molecule has 0 spiro atoms. The van der Waals surface area contributed by atoms with E-state index in [-0.39, 0.29) is 11.6 Å². The highest BCUT2D eigenvalue weighted by atomic mass is 16.4. The second-order valence-corrected chi connectivity index (χ2v) is 4.89. The van der Waals surface area contributed by atoms with E-state index in [9.17, 15) is 9.59 Å². The maximum absolute atomic E-state index is 11.9. The largest absolute Gasteiger partial charge is 0.477 e. The Balaban J connectivity index is 1.76. The zero-order chi connectivity index (χ0) is 14.4. The lowest BCUT2D eigenvalue weighted by atomic mass is 10.2. The van der Waals surface area contributed by atoms with Gasteiger partial charge in [-0.1, -0.05) is 0 Å². The molecule has 0 atom stereocenters. The average molecular weight is 277 g/mol. The van der Waals surface area contributed by atoms with Crippen molar-refractivity contribution < 1.29 is 14.7 Å². The number of carboxylic acids is 1.